The Labute approximate surface area is 156 Å². The van der Waals surface area contributed by atoms with Gasteiger partial charge in [-0.25, -0.2) is 0 Å². The van der Waals surface area contributed by atoms with Crippen molar-refractivity contribution in [2.75, 3.05) is 7.11 Å². The Morgan fingerprint density at radius 2 is 1.68 bits per heavy atom. The summed E-state index contributed by atoms with van der Waals surface area (Å²) in [5.74, 6) is -1.16. The summed E-state index contributed by atoms with van der Waals surface area (Å²) in [5.41, 5.74) is 6.65. The molecule has 2 aromatic carbocycles. The summed E-state index contributed by atoms with van der Waals surface area (Å²) >= 11 is 12.3. The molecule has 0 unspecified atom stereocenters. The van der Waals surface area contributed by atoms with Crippen molar-refractivity contribution >= 4 is 35.0 Å². The van der Waals surface area contributed by atoms with Crippen LogP contribution >= 0.6 is 23.2 Å². The van der Waals surface area contributed by atoms with Crippen LogP contribution in [0.5, 0.6) is 0 Å². The summed E-state index contributed by atoms with van der Waals surface area (Å²) in [4.78, 5) is 24.3. The molecule has 2 atom stereocenters. The van der Waals surface area contributed by atoms with E-state index in [0.29, 0.717) is 21.2 Å². The van der Waals surface area contributed by atoms with Gasteiger partial charge in [0, 0.05) is 23.6 Å². The number of nitrogens with two attached hydrogens (primary N) is 1. The molecule has 7 heteroatoms. The van der Waals surface area contributed by atoms with Gasteiger partial charge in [-0.15, -0.1) is 0 Å². The molecule has 5 nitrogen and oxygen atoms in total. The molecule has 2 aromatic rings. The standard InChI is InChI=1S/C18H18Cl2N2O3/c1-25-16(11-6-3-2-4-7-11)18(24)22-15(17(21)23)10-12-13(19)8-5-9-14(12)20/h2-9,15-16H,10H2,1H3,(H2,21,23)(H,22,24)/t15-,16-/m0/s1. The maximum absolute atomic E-state index is 12.5. The Kier molecular flexibility index (Phi) is 6.82. The van der Waals surface area contributed by atoms with Gasteiger partial charge >= 0.3 is 0 Å². The third kappa shape index (κ3) is 4.95. The zero-order chi connectivity index (χ0) is 18.4. The largest absolute Gasteiger partial charge is 0.368 e. The van der Waals surface area contributed by atoms with E-state index in [9.17, 15) is 9.59 Å². The summed E-state index contributed by atoms with van der Waals surface area (Å²) < 4.78 is 5.26. The Bertz CT molecular complexity index is 733. The van der Waals surface area contributed by atoms with E-state index < -0.39 is 24.0 Å². The molecule has 0 radical (unpaired) electrons. The highest BCUT2D eigenvalue weighted by Crippen LogP contribution is 2.26. The molecule has 0 fully saturated rings. The SMILES string of the molecule is CO[C@H](C(=O)N[C@@H](Cc1c(Cl)cccc1Cl)C(N)=O)c1ccccc1. The monoisotopic (exact) mass is 380 g/mol. The smallest absolute Gasteiger partial charge is 0.254 e. The molecule has 3 N–H and O–H groups in total. The first-order chi connectivity index (χ1) is 11.9. The maximum atomic E-state index is 12.5. The quantitative estimate of drug-likeness (QED) is 0.774. The molecule has 25 heavy (non-hydrogen) atoms. The highest BCUT2D eigenvalue weighted by atomic mass is 35.5. The Hall–Kier alpha value is -2.08. The minimum Gasteiger partial charge on any atom is -0.368 e. The minimum absolute atomic E-state index is 0.0881. The summed E-state index contributed by atoms with van der Waals surface area (Å²) in [6, 6.07) is 13.0. The number of halogens is 2. The van der Waals surface area contributed by atoms with Gasteiger partial charge in [-0.05, 0) is 23.3 Å². The molecule has 0 saturated heterocycles. The van der Waals surface area contributed by atoms with Crippen molar-refractivity contribution in [3.05, 3.63) is 69.7 Å². The Balaban J connectivity index is 2.18. The molecule has 0 bridgehead atoms. The lowest BCUT2D eigenvalue weighted by Gasteiger charge is -2.21. The lowest BCUT2D eigenvalue weighted by Crippen LogP contribution is -2.47. The van der Waals surface area contributed by atoms with E-state index in [0.717, 1.165) is 0 Å². The number of hydrogen-bond donors (Lipinski definition) is 2. The van der Waals surface area contributed by atoms with E-state index in [-0.39, 0.29) is 6.42 Å². The lowest BCUT2D eigenvalue weighted by molar-refractivity contribution is -0.134. The van der Waals surface area contributed by atoms with Gasteiger partial charge in [0.1, 0.15) is 6.04 Å². The molecule has 0 aliphatic carbocycles. The fraction of sp³-hybridized carbons (Fsp3) is 0.222. The summed E-state index contributed by atoms with van der Waals surface area (Å²) in [5, 5.41) is 3.42. The van der Waals surface area contributed by atoms with Crippen molar-refractivity contribution in [3.63, 3.8) is 0 Å². The molecule has 0 aliphatic heterocycles. The van der Waals surface area contributed by atoms with Crippen LogP contribution in [0.1, 0.15) is 17.2 Å². The van der Waals surface area contributed by atoms with E-state index in [1.807, 2.05) is 6.07 Å². The van der Waals surface area contributed by atoms with E-state index >= 15 is 0 Å². The summed E-state index contributed by atoms with van der Waals surface area (Å²) in [7, 11) is 1.42. The highest BCUT2D eigenvalue weighted by Gasteiger charge is 2.26. The van der Waals surface area contributed by atoms with E-state index in [4.69, 9.17) is 33.7 Å². The molecule has 0 heterocycles. The first-order valence-corrected chi connectivity index (χ1v) is 8.30. The van der Waals surface area contributed by atoms with Crippen LogP contribution in [-0.4, -0.2) is 25.0 Å². The number of nitrogens with one attached hydrogen (secondary N) is 1. The molecule has 2 rings (SSSR count). The molecular weight excluding hydrogens is 363 g/mol. The number of hydrogen-bond acceptors (Lipinski definition) is 3. The first-order valence-electron chi connectivity index (χ1n) is 7.54. The van der Waals surface area contributed by atoms with Crippen LogP contribution in [0.2, 0.25) is 10.0 Å². The van der Waals surface area contributed by atoms with Gasteiger partial charge in [0.05, 0.1) is 0 Å². The van der Waals surface area contributed by atoms with Gasteiger partial charge in [0.25, 0.3) is 5.91 Å². The summed E-state index contributed by atoms with van der Waals surface area (Å²) in [6.07, 6.45) is -0.769. The van der Waals surface area contributed by atoms with Gasteiger partial charge in [0.15, 0.2) is 6.10 Å². The predicted octanol–water partition coefficient (Wildman–Crippen LogP) is 2.89. The zero-order valence-corrected chi connectivity index (χ0v) is 15.1. The third-order valence-corrected chi connectivity index (χ3v) is 4.41. The molecule has 0 aromatic heterocycles. The van der Waals surface area contributed by atoms with Gasteiger partial charge in [-0.3, -0.25) is 9.59 Å². The number of ether oxygens (including phenoxy) is 1. The number of carbonyl (C=O) groups excluding carboxylic acids is 2. The number of benzene rings is 2. The van der Waals surface area contributed by atoms with E-state index in [1.165, 1.54) is 7.11 Å². The normalized spacial score (nSPS) is 13.1. The van der Waals surface area contributed by atoms with Crippen LogP contribution in [0.25, 0.3) is 0 Å². The minimum atomic E-state index is -0.966. The van der Waals surface area contributed by atoms with Crippen molar-refractivity contribution in [2.45, 2.75) is 18.6 Å². The highest BCUT2D eigenvalue weighted by molar-refractivity contribution is 6.36. The third-order valence-electron chi connectivity index (χ3n) is 3.71. The number of primary amides is 1. The van der Waals surface area contributed by atoms with Crippen LogP contribution in [0.4, 0.5) is 0 Å². The topological polar surface area (TPSA) is 81.4 Å². The second kappa shape index (κ2) is 8.85. The second-order valence-corrected chi connectivity index (χ2v) is 6.21. The van der Waals surface area contributed by atoms with Gasteiger partial charge < -0.3 is 15.8 Å². The fourth-order valence-electron chi connectivity index (χ4n) is 2.42. The number of methoxy groups -OCH3 is 1. The fourth-order valence-corrected chi connectivity index (χ4v) is 2.98. The van der Waals surface area contributed by atoms with E-state index in [1.54, 1.807) is 42.5 Å². The second-order valence-electron chi connectivity index (χ2n) is 5.39. The Morgan fingerprint density at radius 1 is 1.08 bits per heavy atom. The maximum Gasteiger partial charge on any atom is 0.254 e. The molecular formula is C18H18Cl2N2O3. The van der Waals surface area contributed by atoms with Gasteiger partial charge in [-0.2, -0.15) is 0 Å². The van der Waals surface area contributed by atoms with Crippen molar-refractivity contribution in [2.24, 2.45) is 5.73 Å². The molecule has 132 valence electrons. The predicted molar refractivity (Wildman–Crippen MR) is 97.5 cm³/mol. The van der Waals surface area contributed by atoms with Crippen LogP contribution in [0.15, 0.2) is 48.5 Å². The van der Waals surface area contributed by atoms with Crippen LogP contribution < -0.4 is 11.1 Å². The molecule has 0 saturated carbocycles. The Morgan fingerprint density at radius 3 is 2.20 bits per heavy atom. The zero-order valence-electron chi connectivity index (χ0n) is 13.5. The van der Waals surface area contributed by atoms with Gasteiger partial charge in [0.2, 0.25) is 5.91 Å². The average molecular weight is 381 g/mol. The average Bonchev–Trinajstić information content (AvgIpc) is 2.58. The number of amides is 2. The number of rotatable bonds is 7. The van der Waals surface area contributed by atoms with Crippen molar-refractivity contribution in [1.29, 1.82) is 0 Å². The van der Waals surface area contributed by atoms with Crippen molar-refractivity contribution in [1.82, 2.24) is 5.32 Å². The summed E-state index contributed by atoms with van der Waals surface area (Å²) in [6.45, 7) is 0. The van der Waals surface area contributed by atoms with Crippen LogP contribution in [0, 0.1) is 0 Å². The van der Waals surface area contributed by atoms with Crippen molar-refractivity contribution < 1.29 is 14.3 Å². The van der Waals surface area contributed by atoms with Crippen LogP contribution in [-0.2, 0) is 20.7 Å². The van der Waals surface area contributed by atoms with E-state index in [2.05, 4.69) is 5.32 Å². The van der Waals surface area contributed by atoms with Crippen LogP contribution in [0.3, 0.4) is 0 Å². The van der Waals surface area contributed by atoms with Crippen molar-refractivity contribution in [3.8, 4) is 0 Å². The molecule has 0 spiro atoms. The molecule has 2 amide bonds. The number of carbonyl (C=O) groups is 2. The lowest BCUT2D eigenvalue weighted by atomic mass is 10.0. The first kappa shape index (κ1) is 19.2. The molecule has 0 aliphatic rings. The van der Waals surface area contributed by atoms with Gasteiger partial charge in [-0.1, -0.05) is 59.6 Å².